The molecule has 7 heteroatoms. The highest BCUT2D eigenvalue weighted by Gasteiger charge is 2.26. The zero-order valence-electron chi connectivity index (χ0n) is 16.0. The Kier molecular flexibility index (Phi) is 7.19. The van der Waals surface area contributed by atoms with Crippen LogP contribution in [0.3, 0.4) is 0 Å². The molecule has 0 atom stereocenters. The Bertz CT molecular complexity index is 609. The van der Waals surface area contributed by atoms with Gasteiger partial charge in [-0.15, -0.1) is 0 Å². The van der Waals surface area contributed by atoms with Gasteiger partial charge in [-0.3, -0.25) is 0 Å². The van der Waals surface area contributed by atoms with E-state index in [4.69, 9.17) is 15.2 Å². The third kappa shape index (κ3) is 8.69. The van der Waals surface area contributed by atoms with Crippen LogP contribution in [-0.2, 0) is 19.1 Å². The SMILES string of the molecule is C[Si](C)(C)COC(=O)C(=Cc1ccc(N)cc1)C(=O)OC[Si](C)(C)C. The lowest BCUT2D eigenvalue weighted by molar-refractivity contribution is -0.145. The maximum atomic E-state index is 12.4. The summed E-state index contributed by atoms with van der Waals surface area (Å²) >= 11 is 0. The van der Waals surface area contributed by atoms with E-state index in [1.54, 1.807) is 24.3 Å². The van der Waals surface area contributed by atoms with Crippen molar-refractivity contribution in [3.8, 4) is 0 Å². The van der Waals surface area contributed by atoms with Crippen molar-refractivity contribution < 1.29 is 19.1 Å². The number of anilines is 1. The monoisotopic (exact) mass is 379 g/mol. The van der Waals surface area contributed by atoms with Crippen molar-refractivity contribution in [3.63, 3.8) is 0 Å². The number of benzene rings is 1. The summed E-state index contributed by atoms with van der Waals surface area (Å²) in [6.45, 7) is 12.5. The molecule has 5 nitrogen and oxygen atoms in total. The van der Waals surface area contributed by atoms with E-state index in [1.165, 1.54) is 6.08 Å². The van der Waals surface area contributed by atoms with Crippen molar-refractivity contribution in [2.45, 2.75) is 39.3 Å². The molecule has 25 heavy (non-hydrogen) atoms. The Hall–Kier alpha value is -1.87. The number of carbonyl (C=O) groups is 2. The Morgan fingerprint density at radius 2 is 1.28 bits per heavy atom. The third-order valence-corrected chi connectivity index (χ3v) is 4.98. The zero-order chi connectivity index (χ0) is 19.3. The first-order valence-corrected chi connectivity index (χ1v) is 15.7. The van der Waals surface area contributed by atoms with Gasteiger partial charge in [0.15, 0.2) is 0 Å². The summed E-state index contributed by atoms with van der Waals surface area (Å²) in [5, 5.41) is 0. The van der Waals surface area contributed by atoms with Crippen LogP contribution in [0, 0.1) is 0 Å². The molecule has 1 aromatic carbocycles. The van der Waals surface area contributed by atoms with Gasteiger partial charge in [0.2, 0.25) is 0 Å². The maximum Gasteiger partial charge on any atom is 0.345 e. The molecule has 1 aromatic rings. The van der Waals surface area contributed by atoms with Crippen molar-refractivity contribution in [1.29, 1.82) is 0 Å². The van der Waals surface area contributed by atoms with Gasteiger partial charge < -0.3 is 15.2 Å². The van der Waals surface area contributed by atoms with Gasteiger partial charge >= 0.3 is 11.9 Å². The number of rotatable bonds is 7. The van der Waals surface area contributed by atoms with Crippen LogP contribution < -0.4 is 5.73 Å². The van der Waals surface area contributed by atoms with Crippen molar-refractivity contribution in [3.05, 3.63) is 35.4 Å². The van der Waals surface area contributed by atoms with Crippen molar-refractivity contribution in [2.24, 2.45) is 0 Å². The standard InChI is InChI=1S/C18H29NO4Si2/c1-24(2,3)12-22-17(20)16(18(21)23-13-25(4,5)6)11-14-7-9-15(19)10-8-14/h7-11H,12-13,19H2,1-6H3. The number of esters is 2. The smallest absolute Gasteiger partial charge is 0.345 e. The summed E-state index contributed by atoms with van der Waals surface area (Å²) < 4.78 is 10.7. The van der Waals surface area contributed by atoms with E-state index in [0.29, 0.717) is 23.7 Å². The molecule has 0 aliphatic carbocycles. The van der Waals surface area contributed by atoms with Crippen LogP contribution >= 0.6 is 0 Å². The van der Waals surface area contributed by atoms with E-state index in [2.05, 4.69) is 39.3 Å². The fourth-order valence-electron chi connectivity index (χ4n) is 1.68. The molecule has 1 rings (SSSR count). The first-order valence-electron chi connectivity index (χ1n) is 8.29. The molecular weight excluding hydrogens is 350 g/mol. The van der Waals surface area contributed by atoms with Crippen LogP contribution in [0.1, 0.15) is 5.56 Å². The van der Waals surface area contributed by atoms with Crippen LogP contribution in [0.2, 0.25) is 39.3 Å². The lowest BCUT2D eigenvalue weighted by atomic mass is 10.1. The Morgan fingerprint density at radius 1 is 0.880 bits per heavy atom. The fourth-order valence-corrected chi connectivity index (χ4v) is 2.81. The molecule has 0 saturated heterocycles. The highest BCUT2D eigenvalue weighted by atomic mass is 28.3. The number of nitrogens with two attached hydrogens (primary N) is 1. The number of ether oxygens (including phenoxy) is 2. The summed E-state index contributed by atoms with van der Waals surface area (Å²) in [5.74, 6) is -1.28. The Labute approximate surface area is 152 Å². The second-order valence-electron chi connectivity index (χ2n) is 8.50. The molecule has 2 N–H and O–H groups in total. The van der Waals surface area contributed by atoms with Gasteiger partial charge in [0, 0.05) is 5.69 Å². The molecule has 0 fully saturated rings. The highest BCUT2D eigenvalue weighted by Crippen LogP contribution is 2.14. The van der Waals surface area contributed by atoms with Crippen molar-refractivity contribution in [2.75, 3.05) is 18.2 Å². The second-order valence-corrected chi connectivity index (χ2v) is 19.3. The number of carbonyl (C=O) groups excluding carboxylic acids is 2. The van der Waals surface area contributed by atoms with Gasteiger partial charge in [-0.2, -0.15) is 0 Å². The van der Waals surface area contributed by atoms with Gasteiger partial charge in [-0.25, -0.2) is 9.59 Å². The Balaban J connectivity index is 3.02. The number of hydrogen-bond donors (Lipinski definition) is 1. The lowest BCUT2D eigenvalue weighted by Gasteiger charge is -2.18. The van der Waals surface area contributed by atoms with E-state index in [9.17, 15) is 9.59 Å². The van der Waals surface area contributed by atoms with Gasteiger partial charge in [0.25, 0.3) is 0 Å². The number of nitrogen functional groups attached to an aromatic ring is 1. The molecule has 0 aliphatic rings. The number of hydrogen-bond acceptors (Lipinski definition) is 5. The molecule has 0 radical (unpaired) electrons. The summed E-state index contributed by atoms with van der Waals surface area (Å²) in [6.07, 6.45) is 2.21. The maximum absolute atomic E-state index is 12.4. The predicted molar refractivity (Wildman–Crippen MR) is 107 cm³/mol. The second kappa shape index (κ2) is 8.48. The average molecular weight is 380 g/mol. The molecule has 0 aromatic heterocycles. The van der Waals surface area contributed by atoms with Crippen LogP contribution in [0.25, 0.3) is 6.08 Å². The molecule has 0 bridgehead atoms. The molecule has 0 spiro atoms. The van der Waals surface area contributed by atoms with E-state index in [1.807, 2.05) is 0 Å². The van der Waals surface area contributed by atoms with E-state index in [-0.39, 0.29) is 5.57 Å². The first kappa shape index (κ1) is 21.2. The normalized spacial score (nSPS) is 11.6. The molecule has 0 amide bonds. The molecule has 0 aliphatic heterocycles. The molecule has 0 heterocycles. The molecule has 0 saturated carbocycles. The summed E-state index contributed by atoms with van der Waals surface area (Å²) in [6, 6.07) is 6.91. The van der Waals surface area contributed by atoms with Crippen LogP contribution in [-0.4, -0.2) is 40.5 Å². The molecule has 138 valence electrons. The zero-order valence-corrected chi connectivity index (χ0v) is 18.0. The van der Waals surface area contributed by atoms with Crippen LogP contribution in [0.15, 0.2) is 29.8 Å². The lowest BCUT2D eigenvalue weighted by Crippen LogP contribution is -2.33. The minimum absolute atomic E-state index is 0.0822. The first-order chi connectivity index (χ1) is 11.4. The molecular formula is C18H29NO4Si2. The van der Waals surface area contributed by atoms with Crippen molar-refractivity contribution in [1.82, 2.24) is 0 Å². The summed E-state index contributed by atoms with van der Waals surface area (Å²) in [5.41, 5.74) is 6.90. The minimum atomic E-state index is -1.58. The van der Waals surface area contributed by atoms with Crippen LogP contribution in [0.5, 0.6) is 0 Å². The Morgan fingerprint density at radius 3 is 1.64 bits per heavy atom. The highest BCUT2D eigenvalue weighted by molar-refractivity contribution is 6.76. The third-order valence-electron chi connectivity index (χ3n) is 2.96. The van der Waals surface area contributed by atoms with Gasteiger partial charge in [-0.05, 0) is 23.8 Å². The largest absolute Gasteiger partial charge is 0.466 e. The van der Waals surface area contributed by atoms with Gasteiger partial charge in [0.05, 0.1) is 28.6 Å². The summed E-state index contributed by atoms with van der Waals surface area (Å²) in [4.78, 5) is 24.9. The van der Waals surface area contributed by atoms with E-state index >= 15 is 0 Å². The van der Waals surface area contributed by atoms with Gasteiger partial charge in [0.1, 0.15) is 5.57 Å². The van der Waals surface area contributed by atoms with E-state index in [0.717, 1.165) is 0 Å². The molecule has 0 unspecified atom stereocenters. The summed E-state index contributed by atoms with van der Waals surface area (Å²) in [7, 11) is -3.16. The topological polar surface area (TPSA) is 78.6 Å². The van der Waals surface area contributed by atoms with E-state index < -0.39 is 28.1 Å². The minimum Gasteiger partial charge on any atom is -0.466 e. The van der Waals surface area contributed by atoms with Crippen LogP contribution in [0.4, 0.5) is 5.69 Å². The predicted octanol–water partition coefficient (Wildman–Crippen LogP) is 3.49. The average Bonchev–Trinajstić information content (AvgIpc) is 2.48. The van der Waals surface area contributed by atoms with Crippen molar-refractivity contribution >= 4 is 39.8 Å². The fraction of sp³-hybridized carbons (Fsp3) is 0.444. The van der Waals surface area contributed by atoms with Gasteiger partial charge in [-0.1, -0.05) is 51.4 Å². The quantitative estimate of drug-likeness (QED) is 0.196.